The van der Waals surface area contributed by atoms with Crippen LogP contribution in [-0.4, -0.2) is 34.6 Å². The molecule has 6 heteroatoms. The van der Waals surface area contributed by atoms with Crippen LogP contribution in [0.2, 0.25) is 0 Å². The number of hydrogen-bond acceptors (Lipinski definition) is 4. The highest BCUT2D eigenvalue weighted by Crippen LogP contribution is 2.33. The van der Waals surface area contributed by atoms with Crippen LogP contribution in [0.25, 0.3) is 10.8 Å². The van der Waals surface area contributed by atoms with E-state index < -0.39 is 23.8 Å². The number of hydrogen-bond donors (Lipinski definition) is 1. The molecule has 0 radical (unpaired) electrons. The minimum Gasteiger partial charge on any atom is -0.295 e. The zero-order chi connectivity index (χ0) is 17.7. The summed E-state index contributed by atoms with van der Waals surface area (Å²) in [5.41, 5.74) is 1.85. The van der Waals surface area contributed by atoms with Gasteiger partial charge < -0.3 is 0 Å². The summed E-state index contributed by atoms with van der Waals surface area (Å²) in [5.74, 6) is -1.94. The molecule has 0 saturated carbocycles. The van der Waals surface area contributed by atoms with Gasteiger partial charge in [0.25, 0.3) is 11.8 Å². The lowest BCUT2D eigenvalue weighted by molar-refractivity contribution is -0.136. The standard InChI is InChI=1S/C19H16N2O4/c1-2-10-8-11-4-3-5-12-16(11)13(9-10)19(25)21(18(12)24)14-6-7-15(22)20-17(14)23/h3-5,8-9,14H,2,6-7H2,1H3,(H,20,22,23). The van der Waals surface area contributed by atoms with Gasteiger partial charge in [-0.2, -0.15) is 0 Å². The van der Waals surface area contributed by atoms with Crippen LogP contribution >= 0.6 is 0 Å². The topological polar surface area (TPSA) is 83.6 Å². The Kier molecular flexibility index (Phi) is 3.42. The molecule has 0 aliphatic carbocycles. The Labute approximate surface area is 143 Å². The molecule has 4 amide bonds. The molecule has 25 heavy (non-hydrogen) atoms. The third kappa shape index (κ3) is 2.25. The molecule has 2 aromatic rings. The van der Waals surface area contributed by atoms with E-state index in [9.17, 15) is 19.2 Å². The van der Waals surface area contributed by atoms with Crippen molar-refractivity contribution in [2.75, 3.05) is 0 Å². The van der Waals surface area contributed by atoms with E-state index in [0.29, 0.717) is 16.5 Å². The molecule has 2 aromatic carbocycles. The number of imide groups is 2. The van der Waals surface area contributed by atoms with Gasteiger partial charge in [-0.1, -0.05) is 25.1 Å². The van der Waals surface area contributed by atoms with Gasteiger partial charge in [-0.05, 0) is 35.9 Å². The first-order valence-corrected chi connectivity index (χ1v) is 8.28. The van der Waals surface area contributed by atoms with Crippen molar-refractivity contribution in [1.82, 2.24) is 10.2 Å². The third-order valence-corrected chi connectivity index (χ3v) is 4.87. The van der Waals surface area contributed by atoms with Crippen LogP contribution in [0.4, 0.5) is 0 Å². The van der Waals surface area contributed by atoms with Crippen molar-refractivity contribution in [3.05, 3.63) is 47.0 Å². The minimum absolute atomic E-state index is 0.111. The predicted molar refractivity (Wildman–Crippen MR) is 90.0 cm³/mol. The molecule has 1 unspecified atom stereocenters. The number of aryl methyl sites for hydroxylation is 1. The molecule has 2 heterocycles. The summed E-state index contributed by atoms with van der Waals surface area (Å²) in [6, 6.07) is 8.14. The maximum absolute atomic E-state index is 13.0. The van der Waals surface area contributed by atoms with E-state index >= 15 is 0 Å². The van der Waals surface area contributed by atoms with E-state index in [1.807, 2.05) is 19.1 Å². The van der Waals surface area contributed by atoms with Gasteiger partial charge in [-0.25, -0.2) is 0 Å². The quantitative estimate of drug-likeness (QED) is 0.848. The molecule has 1 fully saturated rings. The van der Waals surface area contributed by atoms with Crippen LogP contribution in [0, 0.1) is 0 Å². The van der Waals surface area contributed by atoms with Crippen LogP contribution in [0.3, 0.4) is 0 Å². The lowest BCUT2D eigenvalue weighted by Gasteiger charge is -2.34. The summed E-state index contributed by atoms with van der Waals surface area (Å²) in [6.07, 6.45) is 1.02. The normalized spacial score (nSPS) is 20.2. The number of benzene rings is 2. The molecule has 2 aliphatic heterocycles. The summed E-state index contributed by atoms with van der Waals surface area (Å²) >= 11 is 0. The molecule has 0 bridgehead atoms. The first-order valence-electron chi connectivity index (χ1n) is 8.28. The molecular formula is C19H16N2O4. The molecular weight excluding hydrogens is 320 g/mol. The lowest BCUT2D eigenvalue weighted by Crippen LogP contribution is -2.57. The predicted octanol–water partition coefficient (Wildman–Crippen LogP) is 1.80. The van der Waals surface area contributed by atoms with E-state index in [-0.39, 0.29) is 18.7 Å². The fourth-order valence-electron chi connectivity index (χ4n) is 3.60. The van der Waals surface area contributed by atoms with E-state index in [4.69, 9.17) is 0 Å². The van der Waals surface area contributed by atoms with Crippen LogP contribution in [0.5, 0.6) is 0 Å². The van der Waals surface area contributed by atoms with Gasteiger partial charge >= 0.3 is 0 Å². The number of carbonyl (C=O) groups excluding carboxylic acids is 4. The molecule has 6 nitrogen and oxygen atoms in total. The van der Waals surface area contributed by atoms with Gasteiger partial charge in [0, 0.05) is 22.9 Å². The second kappa shape index (κ2) is 5.51. The van der Waals surface area contributed by atoms with Crippen molar-refractivity contribution in [1.29, 1.82) is 0 Å². The highest BCUT2D eigenvalue weighted by atomic mass is 16.2. The molecule has 1 saturated heterocycles. The average molecular weight is 336 g/mol. The van der Waals surface area contributed by atoms with E-state index in [2.05, 4.69) is 5.32 Å². The minimum atomic E-state index is -0.952. The Bertz CT molecular complexity index is 963. The van der Waals surface area contributed by atoms with Crippen molar-refractivity contribution < 1.29 is 19.2 Å². The van der Waals surface area contributed by atoms with Crippen molar-refractivity contribution in [3.63, 3.8) is 0 Å². The van der Waals surface area contributed by atoms with Crippen LogP contribution in [0.15, 0.2) is 30.3 Å². The highest BCUT2D eigenvalue weighted by Gasteiger charge is 2.42. The van der Waals surface area contributed by atoms with Crippen LogP contribution in [0.1, 0.15) is 46.0 Å². The first-order chi connectivity index (χ1) is 12.0. The van der Waals surface area contributed by atoms with Gasteiger partial charge in [0.05, 0.1) is 0 Å². The molecule has 1 N–H and O–H groups in total. The fraction of sp³-hybridized carbons (Fsp3) is 0.263. The average Bonchev–Trinajstić information content (AvgIpc) is 2.60. The van der Waals surface area contributed by atoms with Gasteiger partial charge in [0.2, 0.25) is 11.8 Å². The first kappa shape index (κ1) is 15.5. The van der Waals surface area contributed by atoms with Crippen molar-refractivity contribution in [2.45, 2.75) is 32.2 Å². The number of nitrogens with one attached hydrogen (secondary N) is 1. The molecule has 1 atom stereocenters. The number of nitrogens with zero attached hydrogens (tertiary/aromatic N) is 1. The number of carbonyl (C=O) groups is 4. The van der Waals surface area contributed by atoms with Gasteiger partial charge in [-0.3, -0.25) is 29.4 Å². The van der Waals surface area contributed by atoms with Crippen molar-refractivity contribution in [3.8, 4) is 0 Å². The fourth-order valence-corrected chi connectivity index (χ4v) is 3.60. The maximum Gasteiger partial charge on any atom is 0.262 e. The summed E-state index contributed by atoms with van der Waals surface area (Å²) in [5, 5.41) is 3.70. The third-order valence-electron chi connectivity index (χ3n) is 4.87. The molecule has 0 spiro atoms. The smallest absolute Gasteiger partial charge is 0.262 e. The van der Waals surface area contributed by atoms with Crippen molar-refractivity contribution >= 4 is 34.4 Å². The van der Waals surface area contributed by atoms with Crippen molar-refractivity contribution in [2.24, 2.45) is 0 Å². The second-order valence-electron chi connectivity index (χ2n) is 6.35. The number of piperidine rings is 1. The van der Waals surface area contributed by atoms with Crippen LogP contribution in [-0.2, 0) is 16.0 Å². The lowest BCUT2D eigenvalue weighted by atomic mass is 9.90. The van der Waals surface area contributed by atoms with Gasteiger partial charge in [0.15, 0.2) is 0 Å². The summed E-state index contributed by atoms with van der Waals surface area (Å²) in [7, 11) is 0. The molecule has 2 aliphatic rings. The zero-order valence-electron chi connectivity index (χ0n) is 13.7. The van der Waals surface area contributed by atoms with Crippen LogP contribution < -0.4 is 5.32 Å². The largest absolute Gasteiger partial charge is 0.295 e. The molecule has 0 aromatic heterocycles. The van der Waals surface area contributed by atoms with Gasteiger partial charge in [0.1, 0.15) is 6.04 Å². The number of amides is 4. The highest BCUT2D eigenvalue weighted by molar-refractivity contribution is 6.27. The Hall–Kier alpha value is -3.02. The Morgan fingerprint density at radius 1 is 1.08 bits per heavy atom. The maximum atomic E-state index is 13.0. The van der Waals surface area contributed by atoms with E-state index in [1.54, 1.807) is 18.2 Å². The Morgan fingerprint density at radius 2 is 1.84 bits per heavy atom. The Balaban J connectivity index is 1.89. The molecule has 4 rings (SSSR count). The van der Waals surface area contributed by atoms with E-state index in [1.165, 1.54) is 0 Å². The zero-order valence-corrected chi connectivity index (χ0v) is 13.7. The monoisotopic (exact) mass is 336 g/mol. The summed E-state index contributed by atoms with van der Waals surface area (Å²) in [6.45, 7) is 1.99. The van der Waals surface area contributed by atoms with E-state index in [0.717, 1.165) is 22.3 Å². The van der Waals surface area contributed by atoms with Gasteiger partial charge in [-0.15, -0.1) is 0 Å². The Morgan fingerprint density at radius 3 is 2.56 bits per heavy atom. The number of rotatable bonds is 2. The SMILES string of the molecule is CCc1cc2c3c(cccc3c1)C(=O)N(C1CCC(=O)NC1=O)C2=O. The molecule has 126 valence electrons. The second-order valence-corrected chi connectivity index (χ2v) is 6.35. The summed E-state index contributed by atoms with van der Waals surface area (Å²) < 4.78 is 0. The summed E-state index contributed by atoms with van der Waals surface area (Å²) in [4.78, 5) is 50.6.